The maximum absolute atomic E-state index is 13.2. The normalized spacial score (nSPS) is 9.94. The van der Waals surface area contributed by atoms with Crippen molar-refractivity contribution in [2.45, 2.75) is 13.3 Å². The molecular weight excluding hydrogens is 277 g/mol. The van der Waals surface area contributed by atoms with Crippen LogP contribution in [-0.2, 0) is 9.53 Å². The van der Waals surface area contributed by atoms with Gasteiger partial charge in [-0.3, -0.25) is 4.79 Å². The molecule has 1 N–H and O–H groups in total. The number of halogens is 2. The van der Waals surface area contributed by atoms with Gasteiger partial charge in [-0.25, -0.2) is 4.39 Å². The third kappa shape index (κ3) is 4.18. The van der Waals surface area contributed by atoms with Crippen LogP contribution >= 0.6 is 15.9 Å². The largest absolute Gasteiger partial charge is 0.466 e. The van der Waals surface area contributed by atoms with E-state index in [0.29, 0.717) is 18.8 Å². The van der Waals surface area contributed by atoms with E-state index < -0.39 is 0 Å². The number of carbonyl (C=O) groups is 1. The van der Waals surface area contributed by atoms with Crippen molar-refractivity contribution in [3.05, 3.63) is 28.5 Å². The van der Waals surface area contributed by atoms with Gasteiger partial charge in [0, 0.05) is 11.0 Å². The van der Waals surface area contributed by atoms with Crippen molar-refractivity contribution in [2.24, 2.45) is 0 Å². The summed E-state index contributed by atoms with van der Waals surface area (Å²) in [5.74, 6) is -0.627. The van der Waals surface area contributed by atoms with Gasteiger partial charge in [-0.05, 0) is 25.1 Å². The fourth-order valence-corrected chi connectivity index (χ4v) is 1.53. The fourth-order valence-electron chi connectivity index (χ4n) is 1.17. The summed E-state index contributed by atoms with van der Waals surface area (Å²) in [5, 5.41) is 2.84. The molecule has 1 aromatic carbocycles. The zero-order chi connectivity index (χ0) is 12.0. The average molecular weight is 290 g/mol. The number of rotatable bonds is 5. The minimum atomic E-state index is -0.341. The summed E-state index contributed by atoms with van der Waals surface area (Å²) in [6.07, 6.45) is 0.222. The second-order valence-corrected chi connectivity index (χ2v) is 4.02. The standard InChI is InChI=1S/C11H13BrFNO2/c1-2-16-11(15)5-6-14-10-7-8(12)3-4-9(10)13/h3-4,7,14H,2,5-6H2,1H3. The summed E-state index contributed by atoms with van der Waals surface area (Å²) in [5.41, 5.74) is 0.374. The molecule has 0 spiro atoms. The number of hydrogen-bond donors (Lipinski definition) is 1. The van der Waals surface area contributed by atoms with E-state index in [1.165, 1.54) is 6.07 Å². The highest BCUT2D eigenvalue weighted by Crippen LogP contribution is 2.19. The highest BCUT2D eigenvalue weighted by molar-refractivity contribution is 9.10. The Balaban J connectivity index is 2.42. The molecule has 0 radical (unpaired) electrons. The molecule has 0 aliphatic rings. The molecule has 5 heteroatoms. The molecule has 3 nitrogen and oxygen atoms in total. The predicted molar refractivity (Wildman–Crippen MR) is 63.8 cm³/mol. The van der Waals surface area contributed by atoms with E-state index in [9.17, 15) is 9.18 Å². The van der Waals surface area contributed by atoms with Crippen molar-refractivity contribution >= 4 is 27.6 Å². The lowest BCUT2D eigenvalue weighted by molar-refractivity contribution is -0.142. The monoisotopic (exact) mass is 289 g/mol. The first kappa shape index (κ1) is 13.0. The molecule has 0 aromatic heterocycles. The Bertz CT molecular complexity index is 371. The molecule has 0 bridgehead atoms. The lowest BCUT2D eigenvalue weighted by atomic mass is 10.3. The smallest absolute Gasteiger partial charge is 0.307 e. The Morgan fingerprint density at radius 2 is 2.31 bits per heavy atom. The molecule has 0 fully saturated rings. The fraction of sp³-hybridized carbons (Fsp3) is 0.364. The van der Waals surface area contributed by atoms with E-state index in [1.807, 2.05) is 0 Å². The van der Waals surface area contributed by atoms with Gasteiger partial charge < -0.3 is 10.1 Å². The van der Waals surface area contributed by atoms with Crippen LogP contribution in [0.4, 0.5) is 10.1 Å². The summed E-state index contributed by atoms with van der Waals surface area (Å²) in [6, 6.07) is 4.60. The van der Waals surface area contributed by atoms with Crippen molar-refractivity contribution in [1.82, 2.24) is 0 Å². The third-order valence-corrected chi connectivity index (χ3v) is 2.37. The molecule has 0 saturated carbocycles. The van der Waals surface area contributed by atoms with Crippen LogP contribution in [0.5, 0.6) is 0 Å². The van der Waals surface area contributed by atoms with Crippen molar-refractivity contribution in [3.8, 4) is 0 Å². The first-order chi connectivity index (χ1) is 7.63. The first-order valence-corrected chi connectivity index (χ1v) is 5.77. The van der Waals surface area contributed by atoms with Crippen molar-refractivity contribution in [2.75, 3.05) is 18.5 Å². The quantitative estimate of drug-likeness (QED) is 0.847. The van der Waals surface area contributed by atoms with Gasteiger partial charge >= 0.3 is 5.97 Å². The molecule has 16 heavy (non-hydrogen) atoms. The maximum Gasteiger partial charge on any atom is 0.307 e. The molecule has 88 valence electrons. The number of esters is 1. The number of ether oxygens (including phenoxy) is 1. The summed E-state index contributed by atoms with van der Waals surface area (Å²) in [6.45, 7) is 2.47. The van der Waals surface area contributed by atoms with Gasteiger partial charge in [0.15, 0.2) is 0 Å². The Morgan fingerprint density at radius 1 is 1.56 bits per heavy atom. The molecule has 0 aliphatic heterocycles. The Kier molecular flexibility index (Phi) is 5.25. The lowest BCUT2D eigenvalue weighted by Crippen LogP contribution is -2.11. The molecule has 0 heterocycles. The van der Waals surface area contributed by atoms with E-state index in [1.54, 1.807) is 19.1 Å². The molecule has 0 aliphatic carbocycles. The second-order valence-electron chi connectivity index (χ2n) is 3.11. The summed E-state index contributed by atoms with van der Waals surface area (Å²) in [7, 11) is 0. The van der Waals surface area contributed by atoms with Gasteiger partial charge in [0.25, 0.3) is 0 Å². The van der Waals surface area contributed by atoms with Gasteiger partial charge in [-0.15, -0.1) is 0 Å². The molecule has 0 atom stereocenters. The van der Waals surface area contributed by atoms with E-state index in [4.69, 9.17) is 4.74 Å². The van der Waals surface area contributed by atoms with Crippen LogP contribution in [0.15, 0.2) is 22.7 Å². The summed E-state index contributed by atoms with van der Waals surface area (Å²) >= 11 is 3.24. The van der Waals surface area contributed by atoms with Crippen LogP contribution in [0.3, 0.4) is 0 Å². The zero-order valence-electron chi connectivity index (χ0n) is 8.93. The maximum atomic E-state index is 13.2. The number of nitrogens with one attached hydrogen (secondary N) is 1. The van der Waals surface area contributed by atoms with Crippen molar-refractivity contribution < 1.29 is 13.9 Å². The van der Waals surface area contributed by atoms with Gasteiger partial charge in [-0.1, -0.05) is 15.9 Å². The van der Waals surface area contributed by atoms with Crippen LogP contribution in [0.1, 0.15) is 13.3 Å². The van der Waals surface area contributed by atoms with Crippen molar-refractivity contribution in [3.63, 3.8) is 0 Å². The average Bonchev–Trinajstić information content (AvgIpc) is 2.23. The van der Waals surface area contributed by atoms with Crippen LogP contribution in [0.2, 0.25) is 0 Å². The third-order valence-electron chi connectivity index (χ3n) is 1.88. The highest BCUT2D eigenvalue weighted by atomic mass is 79.9. The molecule has 1 aromatic rings. The minimum Gasteiger partial charge on any atom is -0.466 e. The topological polar surface area (TPSA) is 38.3 Å². The SMILES string of the molecule is CCOC(=O)CCNc1cc(Br)ccc1F. The summed E-state index contributed by atoms with van der Waals surface area (Å²) < 4.78 is 18.8. The molecule has 1 rings (SSSR count). The van der Waals surface area contributed by atoms with Gasteiger partial charge in [0.1, 0.15) is 5.82 Å². The van der Waals surface area contributed by atoms with Crippen LogP contribution in [-0.4, -0.2) is 19.1 Å². The number of carbonyl (C=O) groups excluding carboxylic acids is 1. The van der Waals surface area contributed by atoms with Gasteiger partial charge in [0.05, 0.1) is 18.7 Å². The Labute approximate surface area is 102 Å². The number of anilines is 1. The second kappa shape index (κ2) is 6.48. The highest BCUT2D eigenvalue weighted by Gasteiger charge is 2.04. The van der Waals surface area contributed by atoms with E-state index in [2.05, 4.69) is 21.2 Å². The minimum absolute atomic E-state index is 0.222. The summed E-state index contributed by atoms with van der Waals surface area (Å²) in [4.78, 5) is 11.0. The van der Waals surface area contributed by atoms with Crippen molar-refractivity contribution in [1.29, 1.82) is 0 Å². The predicted octanol–water partition coefficient (Wildman–Crippen LogP) is 2.95. The molecular formula is C11H13BrFNO2. The van der Waals surface area contributed by atoms with E-state index >= 15 is 0 Å². The molecule has 0 amide bonds. The lowest BCUT2D eigenvalue weighted by Gasteiger charge is -2.07. The Morgan fingerprint density at radius 3 is 3.00 bits per heavy atom. The van der Waals surface area contributed by atoms with Gasteiger partial charge in [0.2, 0.25) is 0 Å². The zero-order valence-corrected chi connectivity index (χ0v) is 10.5. The van der Waals surface area contributed by atoms with Crippen LogP contribution < -0.4 is 5.32 Å². The number of benzene rings is 1. The number of hydrogen-bond acceptors (Lipinski definition) is 3. The van der Waals surface area contributed by atoms with Crippen LogP contribution in [0.25, 0.3) is 0 Å². The first-order valence-electron chi connectivity index (χ1n) is 4.98. The van der Waals surface area contributed by atoms with E-state index in [0.717, 1.165) is 4.47 Å². The molecule has 0 unspecified atom stereocenters. The Hall–Kier alpha value is -1.10. The van der Waals surface area contributed by atoms with E-state index in [-0.39, 0.29) is 18.2 Å². The van der Waals surface area contributed by atoms with Gasteiger partial charge in [-0.2, -0.15) is 0 Å². The van der Waals surface area contributed by atoms with Crippen LogP contribution in [0, 0.1) is 5.82 Å². The molecule has 0 saturated heterocycles.